The molecule has 4 heteroatoms. The fraction of sp³-hybridized carbons (Fsp3) is 0.667. The molecule has 1 aromatic heterocycles. The van der Waals surface area contributed by atoms with Gasteiger partial charge in [0.15, 0.2) is 0 Å². The summed E-state index contributed by atoms with van der Waals surface area (Å²) in [4.78, 5) is 6.87. The molecule has 0 amide bonds. The van der Waals surface area contributed by atoms with E-state index in [-0.39, 0.29) is 0 Å². The molecule has 19 heavy (non-hydrogen) atoms. The minimum Gasteiger partial charge on any atom is -0.314 e. The number of nitrogens with zero attached hydrogens (tertiary/aromatic N) is 2. The van der Waals surface area contributed by atoms with Crippen molar-refractivity contribution in [1.29, 1.82) is 0 Å². The van der Waals surface area contributed by atoms with E-state index in [9.17, 15) is 0 Å². The average molecular weight is 282 g/mol. The number of rotatable bonds is 5. The third-order valence-corrected chi connectivity index (χ3v) is 3.79. The van der Waals surface area contributed by atoms with E-state index in [0.29, 0.717) is 11.2 Å². The molecular formula is C15H24ClN3. The Balaban J connectivity index is 1.83. The van der Waals surface area contributed by atoms with E-state index in [1.165, 1.54) is 19.4 Å². The zero-order valence-corrected chi connectivity index (χ0v) is 12.7. The largest absolute Gasteiger partial charge is 0.314 e. The maximum atomic E-state index is 5.94. The third-order valence-electron chi connectivity index (χ3n) is 3.58. The van der Waals surface area contributed by atoms with Crippen molar-refractivity contribution in [3.05, 3.63) is 29.0 Å². The molecule has 2 rings (SSSR count). The molecular weight excluding hydrogens is 258 g/mol. The molecule has 3 nitrogen and oxygen atoms in total. The first-order valence-electron chi connectivity index (χ1n) is 7.20. The van der Waals surface area contributed by atoms with E-state index in [0.717, 1.165) is 31.2 Å². The predicted octanol–water partition coefficient (Wildman–Crippen LogP) is 2.95. The van der Waals surface area contributed by atoms with E-state index >= 15 is 0 Å². The number of aromatic nitrogens is 1. The second-order valence-corrected chi connectivity index (χ2v) is 6.15. The quantitative estimate of drug-likeness (QED) is 0.841. The van der Waals surface area contributed by atoms with Gasteiger partial charge in [-0.25, -0.2) is 4.98 Å². The van der Waals surface area contributed by atoms with Gasteiger partial charge in [-0.3, -0.25) is 4.90 Å². The van der Waals surface area contributed by atoms with Crippen molar-refractivity contribution >= 4 is 11.6 Å². The first-order chi connectivity index (χ1) is 9.13. The minimum absolute atomic E-state index is 0.574. The van der Waals surface area contributed by atoms with Crippen LogP contribution in [0.3, 0.4) is 0 Å². The van der Waals surface area contributed by atoms with Crippen molar-refractivity contribution in [3.8, 4) is 0 Å². The molecule has 0 saturated carbocycles. The summed E-state index contributed by atoms with van der Waals surface area (Å²) in [5.41, 5.74) is 1.07. The summed E-state index contributed by atoms with van der Waals surface area (Å²) < 4.78 is 0. The van der Waals surface area contributed by atoms with Gasteiger partial charge in [-0.2, -0.15) is 0 Å². The molecule has 1 saturated heterocycles. The molecule has 1 aliphatic heterocycles. The fourth-order valence-electron chi connectivity index (χ4n) is 2.63. The monoisotopic (exact) mass is 281 g/mol. The van der Waals surface area contributed by atoms with Crippen LogP contribution < -0.4 is 5.32 Å². The van der Waals surface area contributed by atoms with Crippen LogP contribution in [0.15, 0.2) is 18.2 Å². The van der Waals surface area contributed by atoms with Gasteiger partial charge >= 0.3 is 0 Å². The molecule has 1 fully saturated rings. The molecule has 1 unspecified atom stereocenters. The van der Waals surface area contributed by atoms with Crippen LogP contribution in [-0.4, -0.2) is 35.6 Å². The van der Waals surface area contributed by atoms with Crippen molar-refractivity contribution in [1.82, 2.24) is 15.2 Å². The SMILES string of the molecule is CC(C)NCC1CCCN(Cc2cccc(Cl)n2)C1. The maximum Gasteiger partial charge on any atom is 0.129 e. The van der Waals surface area contributed by atoms with Gasteiger partial charge in [0, 0.05) is 19.1 Å². The summed E-state index contributed by atoms with van der Waals surface area (Å²) in [7, 11) is 0. The van der Waals surface area contributed by atoms with Crippen molar-refractivity contribution < 1.29 is 0 Å². The highest BCUT2D eigenvalue weighted by Gasteiger charge is 2.20. The number of nitrogens with one attached hydrogen (secondary N) is 1. The molecule has 1 atom stereocenters. The molecule has 0 radical (unpaired) electrons. The lowest BCUT2D eigenvalue weighted by Gasteiger charge is -2.33. The summed E-state index contributed by atoms with van der Waals surface area (Å²) >= 11 is 5.94. The van der Waals surface area contributed by atoms with Crippen molar-refractivity contribution in [3.63, 3.8) is 0 Å². The number of pyridine rings is 1. The highest BCUT2D eigenvalue weighted by Crippen LogP contribution is 2.18. The van der Waals surface area contributed by atoms with Gasteiger partial charge in [0.2, 0.25) is 0 Å². The smallest absolute Gasteiger partial charge is 0.129 e. The van der Waals surface area contributed by atoms with E-state index in [1.807, 2.05) is 12.1 Å². The standard InChI is InChI=1S/C15H24ClN3/c1-12(2)17-9-13-5-4-8-19(10-13)11-14-6-3-7-15(16)18-14/h3,6-7,12-13,17H,4-5,8-11H2,1-2H3. The Morgan fingerprint density at radius 2 is 2.32 bits per heavy atom. The molecule has 1 aromatic rings. The van der Waals surface area contributed by atoms with Crippen molar-refractivity contribution in [2.45, 2.75) is 39.3 Å². The highest BCUT2D eigenvalue weighted by atomic mass is 35.5. The summed E-state index contributed by atoms with van der Waals surface area (Å²) in [6.07, 6.45) is 2.62. The molecule has 0 bridgehead atoms. The van der Waals surface area contributed by atoms with E-state index < -0.39 is 0 Å². The summed E-state index contributed by atoms with van der Waals surface area (Å²) in [5.74, 6) is 0.760. The first kappa shape index (κ1) is 14.8. The summed E-state index contributed by atoms with van der Waals surface area (Å²) in [6.45, 7) is 8.78. The van der Waals surface area contributed by atoms with Gasteiger partial charge in [-0.1, -0.05) is 31.5 Å². The first-order valence-corrected chi connectivity index (χ1v) is 7.58. The second-order valence-electron chi connectivity index (χ2n) is 5.76. The van der Waals surface area contributed by atoms with E-state index in [2.05, 4.69) is 35.1 Å². The van der Waals surface area contributed by atoms with Crippen LogP contribution in [0.1, 0.15) is 32.4 Å². The van der Waals surface area contributed by atoms with E-state index in [4.69, 9.17) is 11.6 Å². The summed E-state index contributed by atoms with van der Waals surface area (Å²) in [6, 6.07) is 6.44. The Bertz CT molecular complexity index is 395. The molecule has 0 aromatic carbocycles. The summed E-state index contributed by atoms with van der Waals surface area (Å²) in [5, 5.41) is 4.14. The lowest BCUT2D eigenvalue weighted by molar-refractivity contribution is 0.162. The predicted molar refractivity (Wildman–Crippen MR) is 80.4 cm³/mol. The molecule has 1 aliphatic rings. The lowest BCUT2D eigenvalue weighted by Crippen LogP contribution is -2.40. The van der Waals surface area contributed by atoms with E-state index in [1.54, 1.807) is 0 Å². The van der Waals surface area contributed by atoms with Crippen LogP contribution in [0.25, 0.3) is 0 Å². The zero-order valence-electron chi connectivity index (χ0n) is 11.9. The van der Waals surface area contributed by atoms with Crippen LogP contribution in [-0.2, 0) is 6.54 Å². The average Bonchev–Trinajstić information content (AvgIpc) is 2.37. The van der Waals surface area contributed by atoms with Gasteiger partial charge in [-0.15, -0.1) is 0 Å². The molecule has 0 spiro atoms. The van der Waals surface area contributed by atoms with Gasteiger partial charge in [-0.05, 0) is 44.0 Å². The minimum atomic E-state index is 0.574. The van der Waals surface area contributed by atoms with Gasteiger partial charge in [0.05, 0.1) is 5.69 Å². The normalized spacial score (nSPS) is 20.9. The van der Waals surface area contributed by atoms with Crippen LogP contribution in [0, 0.1) is 5.92 Å². The van der Waals surface area contributed by atoms with Crippen LogP contribution >= 0.6 is 11.6 Å². The topological polar surface area (TPSA) is 28.2 Å². The lowest BCUT2D eigenvalue weighted by atomic mass is 9.97. The zero-order chi connectivity index (χ0) is 13.7. The molecule has 2 heterocycles. The number of hydrogen-bond acceptors (Lipinski definition) is 3. The van der Waals surface area contributed by atoms with Crippen LogP contribution in [0.4, 0.5) is 0 Å². The van der Waals surface area contributed by atoms with Crippen molar-refractivity contribution in [2.24, 2.45) is 5.92 Å². The fourth-order valence-corrected chi connectivity index (χ4v) is 2.81. The van der Waals surface area contributed by atoms with Gasteiger partial charge in [0.25, 0.3) is 0 Å². The number of hydrogen-bond donors (Lipinski definition) is 1. The highest BCUT2D eigenvalue weighted by molar-refractivity contribution is 6.29. The third kappa shape index (κ3) is 5.09. The maximum absolute atomic E-state index is 5.94. The number of halogens is 1. The van der Waals surface area contributed by atoms with Crippen LogP contribution in [0.2, 0.25) is 5.15 Å². The Morgan fingerprint density at radius 3 is 3.05 bits per heavy atom. The Morgan fingerprint density at radius 1 is 1.47 bits per heavy atom. The molecule has 106 valence electrons. The van der Waals surface area contributed by atoms with Gasteiger partial charge in [0.1, 0.15) is 5.15 Å². The number of likely N-dealkylation sites (tertiary alicyclic amines) is 1. The second kappa shape index (κ2) is 7.22. The Kier molecular flexibility index (Phi) is 5.61. The molecule has 1 N–H and O–H groups in total. The number of piperidine rings is 1. The Hall–Kier alpha value is -0.640. The van der Waals surface area contributed by atoms with Gasteiger partial charge < -0.3 is 5.32 Å². The van der Waals surface area contributed by atoms with Crippen LogP contribution in [0.5, 0.6) is 0 Å². The molecule has 0 aliphatic carbocycles. The Labute approximate surface area is 121 Å². The van der Waals surface area contributed by atoms with Crippen molar-refractivity contribution in [2.75, 3.05) is 19.6 Å².